The predicted molar refractivity (Wildman–Crippen MR) is 63.5 cm³/mol. The Balaban J connectivity index is 2.85. The summed E-state index contributed by atoms with van der Waals surface area (Å²) in [5.41, 5.74) is 2.40. The number of hydrogen-bond donors (Lipinski definition) is 0. The lowest BCUT2D eigenvalue weighted by molar-refractivity contribution is -0.116. The fourth-order valence-corrected chi connectivity index (χ4v) is 1.49. The van der Waals surface area contributed by atoms with Crippen molar-refractivity contribution in [3.05, 3.63) is 40.7 Å². The van der Waals surface area contributed by atoms with Crippen molar-refractivity contribution in [1.82, 2.24) is 4.90 Å². The Kier molecular flexibility index (Phi) is 4.23. The minimum atomic E-state index is -0.229. The molecule has 0 spiro atoms. The van der Waals surface area contributed by atoms with Gasteiger partial charge < -0.3 is 4.90 Å². The first-order chi connectivity index (χ1) is 7.52. The van der Waals surface area contributed by atoms with Crippen molar-refractivity contribution in [3.8, 4) is 0 Å². The normalized spacial score (nSPS) is 11.4. The van der Waals surface area contributed by atoms with E-state index in [2.05, 4.69) is 0 Å². The highest BCUT2D eigenvalue weighted by atomic mass is 19.1. The van der Waals surface area contributed by atoms with Crippen molar-refractivity contribution in [3.63, 3.8) is 0 Å². The molecule has 0 saturated carbocycles. The number of benzene rings is 1. The summed E-state index contributed by atoms with van der Waals surface area (Å²) in [6.45, 7) is 4.24. The lowest BCUT2D eigenvalue weighted by Crippen LogP contribution is -2.17. The number of likely N-dealkylation sites (N-methyl/N-ethyl adjacent to an activating group) is 1. The molecule has 1 amide bonds. The van der Waals surface area contributed by atoms with Gasteiger partial charge in [0.2, 0.25) is 6.41 Å². The molecule has 0 saturated heterocycles. The number of nitrogens with zero attached hydrogens (tertiary/aromatic N) is 1. The maximum absolute atomic E-state index is 13.5. The molecule has 1 rings (SSSR count). The summed E-state index contributed by atoms with van der Waals surface area (Å²) in [4.78, 5) is 11.9. The Morgan fingerprint density at radius 3 is 2.75 bits per heavy atom. The highest BCUT2D eigenvalue weighted by Gasteiger charge is 2.01. The zero-order valence-corrected chi connectivity index (χ0v) is 9.83. The van der Waals surface area contributed by atoms with E-state index in [9.17, 15) is 9.18 Å². The third-order valence-electron chi connectivity index (χ3n) is 2.24. The summed E-state index contributed by atoms with van der Waals surface area (Å²) in [7, 11) is 1.69. The average Bonchev–Trinajstić information content (AvgIpc) is 2.22. The van der Waals surface area contributed by atoms with E-state index in [1.807, 2.05) is 19.9 Å². The first kappa shape index (κ1) is 12.4. The second-order valence-electron chi connectivity index (χ2n) is 4.04. The van der Waals surface area contributed by atoms with E-state index in [1.165, 1.54) is 11.0 Å². The topological polar surface area (TPSA) is 20.3 Å². The van der Waals surface area contributed by atoms with Crippen LogP contribution in [0.1, 0.15) is 18.1 Å². The molecule has 0 aromatic heterocycles. The van der Waals surface area contributed by atoms with E-state index in [0.29, 0.717) is 12.1 Å². The van der Waals surface area contributed by atoms with Crippen molar-refractivity contribution in [2.45, 2.75) is 13.8 Å². The van der Waals surface area contributed by atoms with E-state index >= 15 is 0 Å². The second kappa shape index (κ2) is 5.45. The molecule has 1 aromatic carbocycles. The van der Waals surface area contributed by atoms with E-state index < -0.39 is 0 Å². The number of hydrogen-bond acceptors (Lipinski definition) is 1. The summed E-state index contributed by atoms with van der Waals surface area (Å²) >= 11 is 0. The molecule has 86 valence electrons. The molecule has 0 radical (unpaired) electrons. The lowest BCUT2D eigenvalue weighted by atomic mass is 10.1. The van der Waals surface area contributed by atoms with Gasteiger partial charge >= 0.3 is 0 Å². The van der Waals surface area contributed by atoms with Gasteiger partial charge in [-0.3, -0.25) is 4.79 Å². The summed E-state index contributed by atoms with van der Waals surface area (Å²) in [6.07, 6.45) is 2.51. The van der Waals surface area contributed by atoms with E-state index in [4.69, 9.17) is 0 Å². The number of halogens is 1. The molecule has 0 unspecified atom stereocenters. The summed E-state index contributed by atoms with van der Waals surface area (Å²) in [5.74, 6) is -0.229. The van der Waals surface area contributed by atoms with Crippen molar-refractivity contribution in [1.29, 1.82) is 0 Å². The van der Waals surface area contributed by atoms with Crippen LogP contribution in [0.2, 0.25) is 0 Å². The molecule has 1 aromatic rings. The van der Waals surface area contributed by atoms with Gasteiger partial charge in [0.1, 0.15) is 5.82 Å². The minimum absolute atomic E-state index is 0.229. The molecule has 16 heavy (non-hydrogen) atoms. The Hall–Kier alpha value is -1.64. The van der Waals surface area contributed by atoms with Crippen LogP contribution in [0.25, 0.3) is 6.08 Å². The van der Waals surface area contributed by atoms with Gasteiger partial charge in [-0.15, -0.1) is 0 Å². The number of aryl methyl sites for hydroxylation is 1. The van der Waals surface area contributed by atoms with Crippen LogP contribution in [0.15, 0.2) is 23.8 Å². The Bertz CT molecular complexity index is 412. The smallest absolute Gasteiger partial charge is 0.209 e. The van der Waals surface area contributed by atoms with E-state index in [1.54, 1.807) is 19.2 Å². The number of carbonyl (C=O) groups excluding carboxylic acids is 1. The van der Waals surface area contributed by atoms with Crippen LogP contribution >= 0.6 is 0 Å². The molecule has 0 fully saturated rings. The van der Waals surface area contributed by atoms with E-state index in [0.717, 1.165) is 17.5 Å². The molecular formula is C13H16FNO. The summed E-state index contributed by atoms with van der Waals surface area (Å²) in [5, 5.41) is 0. The third-order valence-corrected chi connectivity index (χ3v) is 2.24. The highest BCUT2D eigenvalue weighted by molar-refractivity contribution is 5.55. The lowest BCUT2D eigenvalue weighted by Gasteiger charge is -2.10. The Labute approximate surface area is 95.4 Å². The summed E-state index contributed by atoms with van der Waals surface area (Å²) in [6, 6.07) is 5.11. The van der Waals surface area contributed by atoms with Gasteiger partial charge in [0.15, 0.2) is 0 Å². The number of carbonyl (C=O) groups is 1. The molecule has 3 heteroatoms. The standard InChI is InChI=1S/C13H16FNO/c1-10-4-5-12(13(14)7-10)6-11(2)8-15(3)9-16/h4-7,9H,8H2,1-3H3/b11-6+. The largest absolute Gasteiger partial charge is 0.344 e. The second-order valence-corrected chi connectivity index (χ2v) is 4.04. The molecular weight excluding hydrogens is 205 g/mol. The van der Waals surface area contributed by atoms with Crippen molar-refractivity contribution in [2.75, 3.05) is 13.6 Å². The molecule has 0 aliphatic carbocycles. The zero-order chi connectivity index (χ0) is 12.1. The molecule has 0 heterocycles. The maximum Gasteiger partial charge on any atom is 0.209 e. The van der Waals surface area contributed by atoms with Gasteiger partial charge in [0, 0.05) is 19.2 Å². The van der Waals surface area contributed by atoms with Crippen LogP contribution in [0.4, 0.5) is 4.39 Å². The molecule has 0 aliphatic rings. The van der Waals surface area contributed by atoms with Crippen LogP contribution in [-0.2, 0) is 4.79 Å². The van der Waals surface area contributed by atoms with Crippen LogP contribution in [-0.4, -0.2) is 24.9 Å². The van der Waals surface area contributed by atoms with Crippen LogP contribution in [0, 0.1) is 12.7 Å². The molecule has 0 N–H and O–H groups in total. The van der Waals surface area contributed by atoms with Gasteiger partial charge in [-0.05, 0) is 25.5 Å². The van der Waals surface area contributed by atoms with Gasteiger partial charge in [-0.2, -0.15) is 0 Å². The minimum Gasteiger partial charge on any atom is -0.344 e. The molecule has 0 aliphatic heterocycles. The fraction of sp³-hybridized carbons (Fsp3) is 0.308. The van der Waals surface area contributed by atoms with Crippen molar-refractivity contribution in [2.24, 2.45) is 0 Å². The van der Waals surface area contributed by atoms with Gasteiger partial charge in [0.05, 0.1) is 0 Å². The first-order valence-corrected chi connectivity index (χ1v) is 5.12. The SMILES string of the molecule is C/C(=C\c1ccc(C)cc1F)CN(C)C=O. The van der Waals surface area contributed by atoms with Gasteiger partial charge in [0.25, 0.3) is 0 Å². The number of amides is 1. The van der Waals surface area contributed by atoms with Crippen LogP contribution in [0.3, 0.4) is 0 Å². The zero-order valence-electron chi connectivity index (χ0n) is 9.83. The van der Waals surface area contributed by atoms with Gasteiger partial charge in [-0.1, -0.05) is 23.8 Å². The van der Waals surface area contributed by atoms with Crippen molar-refractivity contribution >= 4 is 12.5 Å². The van der Waals surface area contributed by atoms with E-state index in [-0.39, 0.29) is 5.82 Å². The Morgan fingerprint density at radius 2 is 2.19 bits per heavy atom. The van der Waals surface area contributed by atoms with Crippen molar-refractivity contribution < 1.29 is 9.18 Å². The van der Waals surface area contributed by atoms with Crippen LogP contribution < -0.4 is 0 Å². The van der Waals surface area contributed by atoms with Gasteiger partial charge in [-0.25, -0.2) is 4.39 Å². The monoisotopic (exact) mass is 221 g/mol. The molecule has 2 nitrogen and oxygen atoms in total. The highest BCUT2D eigenvalue weighted by Crippen LogP contribution is 2.13. The molecule has 0 bridgehead atoms. The molecule has 0 atom stereocenters. The quantitative estimate of drug-likeness (QED) is 0.716. The third kappa shape index (κ3) is 3.50. The summed E-state index contributed by atoms with van der Waals surface area (Å²) < 4.78 is 13.5. The maximum atomic E-state index is 13.5. The fourth-order valence-electron chi connectivity index (χ4n) is 1.49. The number of rotatable bonds is 4. The average molecular weight is 221 g/mol. The predicted octanol–water partition coefficient (Wildman–Crippen LogP) is 2.63. The first-order valence-electron chi connectivity index (χ1n) is 5.12. The Morgan fingerprint density at radius 1 is 1.50 bits per heavy atom. The van der Waals surface area contributed by atoms with Crippen LogP contribution in [0.5, 0.6) is 0 Å².